The Morgan fingerprint density at radius 2 is 1.49 bits per heavy atom. The monoisotopic (exact) mass is 507 g/mol. The molecular weight excluding hydrogens is 474 g/mol. The minimum absolute atomic E-state index is 0.00942. The summed E-state index contributed by atoms with van der Waals surface area (Å²) in [6.07, 6.45) is -0.200. The number of carbonyl (C=O) groups is 3. The maximum Gasteiger partial charge on any atom is 0.410 e. The predicted molar refractivity (Wildman–Crippen MR) is 143 cm³/mol. The van der Waals surface area contributed by atoms with Crippen molar-refractivity contribution >= 4 is 34.5 Å². The molecule has 1 heterocycles. The van der Waals surface area contributed by atoms with Crippen LogP contribution in [0.25, 0.3) is 21.9 Å². The molecule has 1 aliphatic rings. The number of piperazine rings is 1. The third kappa shape index (κ3) is 6.56. The minimum atomic E-state index is -1.16. The topological polar surface area (TPSA) is 142 Å². The number of hydrogen-bond acceptors (Lipinski definition) is 6. The van der Waals surface area contributed by atoms with Crippen LogP contribution in [0, 0.1) is 6.92 Å². The van der Waals surface area contributed by atoms with E-state index in [-0.39, 0.29) is 28.4 Å². The molecule has 37 heavy (non-hydrogen) atoms. The van der Waals surface area contributed by atoms with Crippen LogP contribution in [0.3, 0.4) is 0 Å². The van der Waals surface area contributed by atoms with Crippen LogP contribution in [0.2, 0.25) is 0 Å². The van der Waals surface area contributed by atoms with E-state index in [0.717, 1.165) is 37.0 Å². The van der Waals surface area contributed by atoms with Crippen LogP contribution in [0.5, 0.6) is 0 Å². The number of carboxylic acid groups (broad SMARTS) is 2. The number of carbonyl (C=O) groups excluding carboxylic acids is 1. The molecule has 3 aromatic rings. The largest absolute Gasteiger partial charge is 0.478 e. The van der Waals surface area contributed by atoms with Gasteiger partial charge in [0.05, 0.1) is 11.1 Å². The lowest BCUT2D eigenvalue weighted by atomic mass is 9.89. The van der Waals surface area contributed by atoms with Crippen molar-refractivity contribution in [3.8, 4) is 11.1 Å². The number of nitrogens with zero attached hydrogens (tertiary/aromatic N) is 1. The second kappa shape index (κ2) is 11.3. The molecule has 9 heteroatoms. The van der Waals surface area contributed by atoms with E-state index in [0.29, 0.717) is 16.8 Å². The SMILES string of the molecule is CC(C)(C)OC(=O)N1CCNCC1.Cc1c(C(=O)O)ccc(-c2ccc(N)c3ccccc23)c1C(=O)O. The summed E-state index contributed by atoms with van der Waals surface area (Å²) in [5.41, 5.74) is 7.60. The third-order valence-electron chi connectivity index (χ3n) is 5.93. The molecule has 1 amide bonds. The van der Waals surface area contributed by atoms with E-state index >= 15 is 0 Å². The Morgan fingerprint density at radius 1 is 0.892 bits per heavy atom. The second-order valence-electron chi connectivity index (χ2n) is 9.74. The molecule has 196 valence electrons. The summed E-state index contributed by atoms with van der Waals surface area (Å²) >= 11 is 0. The molecule has 0 saturated carbocycles. The van der Waals surface area contributed by atoms with Gasteiger partial charge in [0.25, 0.3) is 0 Å². The van der Waals surface area contributed by atoms with E-state index in [4.69, 9.17) is 10.5 Å². The molecule has 0 atom stereocenters. The Morgan fingerprint density at radius 3 is 2.05 bits per heavy atom. The molecule has 5 N–H and O–H groups in total. The number of anilines is 1. The van der Waals surface area contributed by atoms with Crippen LogP contribution in [-0.2, 0) is 4.74 Å². The van der Waals surface area contributed by atoms with E-state index in [1.54, 1.807) is 17.0 Å². The molecule has 1 fully saturated rings. The highest BCUT2D eigenvalue weighted by Crippen LogP contribution is 2.35. The average molecular weight is 508 g/mol. The van der Waals surface area contributed by atoms with Gasteiger partial charge >= 0.3 is 18.0 Å². The molecule has 0 radical (unpaired) electrons. The van der Waals surface area contributed by atoms with Crippen molar-refractivity contribution in [2.75, 3.05) is 31.9 Å². The summed E-state index contributed by atoms with van der Waals surface area (Å²) in [7, 11) is 0. The molecule has 3 aromatic carbocycles. The Bertz CT molecular complexity index is 1320. The van der Waals surface area contributed by atoms with Gasteiger partial charge in [0.2, 0.25) is 0 Å². The maximum atomic E-state index is 11.8. The zero-order valence-corrected chi connectivity index (χ0v) is 21.5. The lowest BCUT2D eigenvalue weighted by molar-refractivity contribution is 0.0228. The highest BCUT2D eigenvalue weighted by molar-refractivity contribution is 6.08. The van der Waals surface area contributed by atoms with Crippen LogP contribution in [-0.4, -0.2) is 64.9 Å². The summed E-state index contributed by atoms with van der Waals surface area (Å²) in [4.78, 5) is 36.3. The number of benzene rings is 3. The number of fused-ring (bicyclic) bond motifs is 1. The smallest absolute Gasteiger partial charge is 0.410 e. The number of nitrogens with one attached hydrogen (secondary N) is 1. The molecule has 0 spiro atoms. The summed E-state index contributed by atoms with van der Waals surface area (Å²) in [6.45, 7) is 10.4. The van der Waals surface area contributed by atoms with Gasteiger partial charge in [-0.3, -0.25) is 0 Å². The van der Waals surface area contributed by atoms with Gasteiger partial charge in [-0.1, -0.05) is 36.4 Å². The molecule has 1 aliphatic heterocycles. The van der Waals surface area contributed by atoms with E-state index in [1.807, 2.05) is 45.0 Å². The van der Waals surface area contributed by atoms with Gasteiger partial charge in [-0.05, 0) is 61.9 Å². The summed E-state index contributed by atoms with van der Waals surface area (Å²) in [6, 6.07) is 13.9. The van der Waals surface area contributed by atoms with Crippen molar-refractivity contribution < 1.29 is 29.3 Å². The lowest BCUT2D eigenvalue weighted by Gasteiger charge is -2.30. The lowest BCUT2D eigenvalue weighted by Crippen LogP contribution is -2.48. The standard InChI is InChI=1S/C19H15NO4.C9H18N2O2/c1-10-11(18(21)22)6-7-15(17(10)19(23)24)13-8-9-16(20)14-5-3-2-4-12(13)14;1-9(2,3)13-8(12)11-6-4-10-5-7-11/h2-9H,20H2,1H3,(H,21,22)(H,23,24);10H,4-7H2,1-3H3. The number of nitrogen functional groups attached to an aromatic ring is 1. The van der Waals surface area contributed by atoms with E-state index in [9.17, 15) is 24.6 Å². The van der Waals surface area contributed by atoms with Gasteiger partial charge in [0.1, 0.15) is 5.60 Å². The fourth-order valence-corrected chi connectivity index (χ4v) is 4.17. The average Bonchev–Trinajstić information content (AvgIpc) is 2.84. The zero-order valence-electron chi connectivity index (χ0n) is 21.5. The fraction of sp³-hybridized carbons (Fsp3) is 0.321. The fourth-order valence-electron chi connectivity index (χ4n) is 4.17. The van der Waals surface area contributed by atoms with Crippen molar-refractivity contribution in [1.82, 2.24) is 10.2 Å². The highest BCUT2D eigenvalue weighted by atomic mass is 16.6. The quantitative estimate of drug-likeness (QED) is 0.376. The molecule has 1 saturated heterocycles. The van der Waals surface area contributed by atoms with E-state index in [2.05, 4.69) is 5.32 Å². The van der Waals surface area contributed by atoms with Gasteiger partial charge < -0.3 is 30.9 Å². The Kier molecular flexibility index (Phi) is 8.39. The second-order valence-corrected chi connectivity index (χ2v) is 9.74. The van der Waals surface area contributed by atoms with Crippen LogP contribution in [0.15, 0.2) is 48.5 Å². The zero-order chi connectivity index (χ0) is 27.3. The van der Waals surface area contributed by atoms with E-state index in [1.165, 1.54) is 19.1 Å². The van der Waals surface area contributed by atoms with Crippen molar-refractivity contribution in [3.05, 3.63) is 65.2 Å². The number of ether oxygens (including phenoxy) is 1. The number of nitrogens with two attached hydrogens (primary N) is 1. The van der Waals surface area contributed by atoms with Crippen LogP contribution < -0.4 is 11.1 Å². The Balaban J connectivity index is 0.000000248. The molecule has 0 aliphatic carbocycles. The van der Waals surface area contributed by atoms with Gasteiger partial charge in [-0.25, -0.2) is 14.4 Å². The van der Waals surface area contributed by atoms with Crippen LogP contribution >= 0.6 is 0 Å². The predicted octanol–water partition coefficient (Wildman–Crippen LogP) is 4.62. The summed E-state index contributed by atoms with van der Waals surface area (Å²) in [5.74, 6) is -2.31. The molecule has 0 unspecified atom stereocenters. The van der Waals surface area contributed by atoms with Crippen molar-refractivity contribution in [3.63, 3.8) is 0 Å². The van der Waals surface area contributed by atoms with Gasteiger partial charge in [0, 0.05) is 37.3 Å². The summed E-state index contributed by atoms with van der Waals surface area (Å²) < 4.78 is 5.24. The first-order valence-electron chi connectivity index (χ1n) is 12.0. The highest BCUT2D eigenvalue weighted by Gasteiger charge is 2.23. The number of carboxylic acids is 2. The number of amides is 1. The number of aromatic carboxylic acids is 2. The number of rotatable bonds is 3. The summed E-state index contributed by atoms with van der Waals surface area (Å²) in [5, 5.41) is 23.7. The molecule has 4 rings (SSSR count). The minimum Gasteiger partial charge on any atom is -0.478 e. The Labute approximate surface area is 215 Å². The molecule has 9 nitrogen and oxygen atoms in total. The normalized spacial score (nSPS) is 13.5. The first kappa shape index (κ1) is 27.5. The van der Waals surface area contributed by atoms with E-state index < -0.39 is 11.9 Å². The van der Waals surface area contributed by atoms with Gasteiger partial charge in [-0.15, -0.1) is 0 Å². The van der Waals surface area contributed by atoms with Crippen molar-refractivity contribution in [2.45, 2.75) is 33.3 Å². The van der Waals surface area contributed by atoms with Crippen LogP contribution in [0.4, 0.5) is 10.5 Å². The Hall–Kier alpha value is -4.11. The first-order valence-corrected chi connectivity index (χ1v) is 12.0. The number of hydrogen-bond donors (Lipinski definition) is 4. The molecule has 0 bridgehead atoms. The van der Waals surface area contributed by atoms with Crippen molar-refractivity contribution in [1.29, 1.82) is 0 Å². The first-order chi connectivity index (χ1) is 17.4. The molecular formula is C28H33N3O6. The van der Waals surface area contributed by atoms with Gasteiger partial charge in [-0.2, -0.15) is 0 Å². The maximum absolute atomic E-state index is 11.8. The van der Waals surface area contributed by atoms with Crippen LogP contribution in [0.1, 0.15) is 47.1 Å². The van der Waals surface area contributed by atoms with Crippen molar-refractivity contribution in [2.24, 2.45) is 0 Å². The molecule has 0 aromatic heterocycles. The third-order valence-corrected chi connectivity index (χ3v) is 5.93. The van der Waals surface area contributed by atoms with Gasteiger partial charge in [0.15, 0.2) is 0 Å².